The minimum atomic E-state index is -0.0702. The molecule has 0 aromatic heterocycles. The maximum atomic E-state index is 13.0. The Balaban J connectivity index is 1.64. The zero-order valence-electron chi connectivity index (χ0n) is 16.5. The molecular formula is C23H29N3O2. The second-order valence-corrected chi connectivity index (χ2v) is 7.47. The standard InChI is InChI=1S/C23H29N3O2/c1-24-22(27)14-13-18-9-6-12-21(15-18)25-23(28)26(17-20-10-5-11-20)16-19-7-3-2-4-8-19/h2-4,6-9,12,15,20H,5,10-11,13-14,16-17H2,1H3,(H,24,27)(H,25,28). The predicted octanol–water partition coefficient (Wildman–Crippen LogP) is 4.20. The SMILES string of the molecule is CNC(=O)CCc1cccc(NC(=O)N(Cc2ccccc2)CC2CCC2)c1. The molecule has 1 saturated carbocycles. The lowest BCUT2D eigenvalue weighted by Gasteiger charge is -2.32. The molecule has 0 radical (unpaired) electrons. The Morgan fingerprint density at radius 3 is 2.46 bits per heavy atom. The Labute approximate surface area is 167 Å². The van der Waals surface area contributed by atoms with Gasteiger partial charge in [-0.15, -0.1) is 0 Å². The molecule has 1 fully saturated rings. The molecule has 0 bridgehead atoms. The minimum absolute atomic E-state index is 0.0176. The van der Waals surface area contributed by atoms with Gasteiger partial charge < -0.3 is 15.5 Å². The van der Waals surface area contributed by atoms with E-state index in [2.05, 4.69) is 22.8 Å². The van der Waals surface area contributed by atoms with Crippen LogP contribution in [-0.4, -0.2) is 30.4 Å². The van der Waals surface area contributed by atoms with Crippen molar-refractivity contribution in [3.05, 3.63) is 65.7 Å². The third-order valence-corrected chi connectivity index (χ3v) is 5.30. The number of amides is 3. The summed E-state index contributed by atoms with van der Waals surface area (Å²) < 4.78 is 0. The second-order valence-electron chi connectivity index (χ2n) is 7.47. The number of anilines is 1. The number of aryl methyl sites for hydroxylation is 1. The van der Waals surface area contributed by atoms with Crippen LogP contribution in [-0.2, 0) is 17.8 Å². The maximum absolute atomic E-state index is 13.0. The highest BCUT2D eigenvalue weighted by Crippen LogP contribution is 2.28. The van der Waals surface area contributed by atoms with Crippen molar-refractivity contribution in [1.82, 2.24) is 10.2 Å². The Kier molecular flexibility index (Phi) is 7.06. The monoisotopic (exact) mass is 379 g/mol. The van der Waals surface area contributed by atoms with E-state index in [1.54, 1.807) is 7.05 Å². The van der Waals surface area contributed by atoms with E-state index in [4.69, 9.17) is 0 Å². The predicted molar refractivity (Wildman–Crippen MR) is 112 cm³/mol. The number of nitrogens with one attached hydrogen (secondary N) is 2. The summed E-state index contributed by atoms with van der Waals surface area (Å²) in [5, 5.41) is 5.68. The summed E-state index contributed by atoms with van der Waals surface area (Å²) in [6.45, 7) is 1.40. The van der Waals surface area contributed by atoms with E-state index >= 15 is 0 Å². The van der Waals surface area contributed by atoms with Crippen molar-refractivity contribution < 1.29 is 9.59 Å². The number of carbonyl (C=O) groups is 2. The smallest absolute Gasteiger partial charge is 0.322 e. The molecule has 2 N–H and O–H groups in total. The first-order valence-corrected chi connectivity index (χ1v) is 10.0. The molecule has 2 aromatic carbocycles. The first-order valence-electron chi connectivity index (χ1n) is 10.0. The second kappa shape index (κ2) is 9.93. The molecule has 5 nitrogen and oxygen atoms in total. The summed E-state index contributed by atoms with van der Waals surface area (Å²) in [6, 6.07) is 17.8. The summed E-state index contributed by atoms with van der Waals surface area (Å²) in [7, 11) is 1.64. The summed E-state index contributed by atoms with van der Waals surface area (Å²) >= 11 is 0. The molecule has 0 atom stereocenters. The number of hydrogen-bond donors (Lipinski definition) is 2. The van der Waals surface area contributed by atoms with E-state index in [0.29, 0.717) is 25.3 Å². The van der Waals surface area contributed by atoms with Gasteiger partial charge in [-0.2, -0.15) is 0 Å². The molecular weight excluding hydrogens is 350 g/mol. The average Bonchev–Trinajstić information content (AvgIpc) is 2.68. The van der Waals surface area contributed by atoms with Crippen LogP contribution in [0.3, 0.4) is 0 Å². The average molecular weight is 380 g/mol. The quantitative estimate of drug-likeness (QED) is 0.722. The summed E-state index contributed by atoms with van der Waals surface area (Å²) in [5.41, 5.74) is 2.94. The van der Waals surface area contributed by atoms with Crippen LogP contribution in [0.15, 0.2) is 54.6 Å². The lowest BCUT2D eigenvalue weighted by Crippen LogP contribution is -2.39. The Hall–Kier alpha value is -2.82. The van der Waals surface area contributed by atoms with Gasteiger partial charge in [-0.05, 0) is 48.4 Å². The third kappa shape index (κ3) is 5.84. The van der Waals surface area contributed by atoms with Gasteiger partial charge in [0.25, 0.3) is 0 Å². The zero-order chi connectivity index (χ0) is 19.8. The molecule has 0 unspecified atom stereocenters. The van der Waals surface area contributed by atoms with E-state index in [0.717, 1.165) is 23.4 Å². The summed E-state index contributed by atoms with van der Waals surface area (Å²) in [6.07, 6.45) is 4.76. The molecule has 0 aliphatic heterocycles. The Morgan fingerprint density at radius 1 is 1.04 bits per heavy atom. The van der Waals surface area contributed by atoms with Crippen molar-refractivity contribution in [2.75, 3.05) is 18.9 Å². The lowest BCUT2D eigenvalue weighted by molar-refractivity contribution is -0.120. The molecule has 2 aromatic rings. The highest BCUT2D eigenvalue weighted by Gasteiger charge is 2.24. The van der Waals surface area contributed by atoms with Gasteiger partial charge in [0.05, 0.1) is 0 Å². The lowest BCUT2D eigenvalue weighted by atomic mass is 9.85. The molecule has 3 rings (SSSR count). The normalized spacial score (nSPS) is 13.5. The van der Waals surface area contributed by atoms with E-state index < -0.39 is 0 Å². The Morgan fingerprint density at radius 2 is 1.79 bits per heavy atom. The molecule has 1 aliphatic rings. The molecule has 0 spiro atoms. The van der Waals surface area contributed by atoms with Crippen molar-refractivity contribution >= 4 is 17.6 Å². The first kappa shape index (κ1) is 19.9. The molecule has 148 valence electrons. The Bertz CT molecular complexity index is 787. The van der Waals surface area contributed by atoms with Crippen molar-refractivity contribution in [1.29, 1.82) is 0 Å². The van der Waals surface area contributed by atoms with Crippen LogP contribution in [0.4, 0.5) is 10.5 Å². The topological polar surface area (TPSA) is 61.4 Å². The molecule has 3 amide bonds. The number of urea groups is 1. The van der Waals surface area contributed by atoms with E-state index in [-0.39, 0.29) is 11.9 Å². The van der Waals surface area contributed by atoms with Gasteiger partial charge in [-0.3, -0.25) is 4.79 Å². The van der Waals surface area contributed by atoms with Crippen LogP contribution >= 0.6 is 0 Å². The van der Waals surface area contributed by atoms with E-state index in [1.807, 2.05) is 47.4 Å². The van der Waals surface area contributed by atoms with Crippen LogP contribution in [0.2, 0.25) is 0 Å². The van der Waals surface area contributed by atoms with Crippen LogP contribution in [0.5, 0.6) is 0 Å². The molecule has 0 saturated heterocycles. The number of hydrogen-bond acceptors (Lipinski definition) is 2. The fourth-order valence-electron chi connectivity index (χ4n) is 3.40. The van der Waals surface area contributed by atoms with Gasteiger partial charge >= 0.3 is 6.03 Å². The van der Waals surface area contributed by atoms with E-state index in [1.165, 1.54) is 19.3 Å². The van der Waals surface area contributed by atoms with Crippen LogP contribution in [0.1, 0.15) is 36.8 Å². The van der Waals surface area contributed by atoms with Gasteiger partial charge in [-0.1, -0.05) is 48.9 Å². The largest absolute Gasteiger partial charge is 0.359 e. The molecule has 1 aliphatic carbocycles. The summed E-state index contributed by atoms with van der Waals surface area (Å²) in [4.78, 5) is 26.3. The van der Waals surface area contributed by atoms with Gasteiger partial charge in [0, 0.05) is 32.2 Å². The highest BCUT2D eigenvalue weighted by molar-refractivity contribution is 5.89. The van der Waals surface area contributed by atoms with Gasteiger partial charge in [0.1, 0.15) is 0 Å². The van der Waals surface area contributed by atoms with Crippen molar-refractivity contribution in [2.45, 2.75) is 38.6 Å². The van der Waals surface area contributed by atoms with Gasteiger partial charge in [-0.25, -0.2) is 4.79 Å². The van der Waals surface area contributed by atoms with Crippen molar-refractivity contribution in [3.8, 4) is 0 Å². The number of rotatable bonds is 8. The minimum Gasteiger partial charge on any atom is -0.359 e. The van der Waals surface area contributed by atoms with Gasteiger partial charge in [0.2, 0.25) is 5.91 Å². The third-order valence-electron chi connectivity index (χ3n) is 5.30. The fourth-order valence-corrected chi connectivity index (χ4v) is 3.40. The number of nitrogens with zero attached hydrogens (tertiary/aromatic N) is 1. The van der Waals surface area contributed by atoms with E-state index in [9.17, 15) is 9.59 Å². The molecule has 5 heteroatoms. The van der Waals surface area contributed by atoms with Crippen molar-refractivity contribution in [3.63, 3.8) is 0 Å². The first-order chi connectivity index (χ1) is 13.6. The zero-order valence-corrected chi connectivity index (χ0v) is 16.5. The van der Waals surface area contributed by atoms with Crippen LogP contribution < -0.4 is 10.6 Å². The van der Waals surface area contributed by atoms with Crippen LogP contribution in [0.25, 0.3) is 0 Å². The fraction of sp³-hybridized carbons (Fsp3) is 0.391. The molecule has 0 heterocycles. The highest BCUT2D eigenvalue weighted by atomic mass is 16.2. The number of carbonyl (C=O) groups excluding carboxylic acids is 2. The number of benzene rings is 2. The maximum Gasteiger partial charge on any atom is 0.322 e. The summed E-state index contributed by atoms with van der Waals surface area (Å²) in [5.74, 6) is 0.623. The van der Waals surface area contributed by atoms with Crippen molar-refractivity contribution in [2.24, 2.45) is 5.92 Å². The molecule has 28 heavy (non-hydrogen) atoms. The van der Waals surface area contributed by atoms with Crippen LogP contribution in [0, 0.1) is 5.92 Å². The van der Waals surface area contributed by atoms with Gasteiger partial charge in [0.15, 0.2) is 0 Å².